The second-order valence-corrected chi connectivity index (χ2v) is 7.09. The van der Waals surface area contributed by atoms with Crippen molar-refractivity contribution in [1.82, 2.24) is 0 Å². The van der Waals surface area contributed by atoms with Gasteiger partial charge in [-0.3, -0.25) is 4.79 Å². The van der Waals surface area contributed by atoms with Gasteiger partial charge < -0.3 is 9.84 Å². The first-order valence-electron chi connectivity index (χ1n) is 8.12. The van der Waals surface area contributed by atoms with Crippen LogP contribution in [0.25, 0.3) is 0 Å². The normalized spacial score (nSPS) is 15.1. The number of hydrogen-bond donors (Lipinski definition) is 1. The van der Waals surface area contributed by atoms with Crippen LogP contribution in [0, 0.1) is 0 Å². The number of carbonyl (C=O) groups excluding carboxylic acids is 1. The Morgan fingerprint density at radius 2 is 1.92 bits per heavy atom. The third-order valence-corrected chi connectivity index (χ3v) is 5.13. The molecule has 0 saturated carbocycles. The van der Waals surface area contributed by atoms with Gasteiger partial charge in [-0.2, -0.15) is 13.2 Å². The zero-order valence-corrected chi connectivity index (χ0v) is 14.6. The first-order valence-corrected chi connectivity index (χ1v) is 9.11. The molecule has 3 rings (SSSR count). The van der Waals surface area contributed by atoms with E-state index in [4.69, 9.17) is 4.74 Å². The molecule has 26 heavy (non-hydrogen) atoms. The van der Waals surface area contributed by atoms with Crippen molar-refractivity contribution in [3.63, 3.8) is 0 Å². The van der Waals surface area contributed by atoms with Gasteiger partial charge in [0.25, 0.3) is 0 Å². The molecule has 0 aromatic heterocycles. The lowest BCUT2D eigenvalue weighted by Gasteiger charge is -2.19. The van der Waals surface area contributed by atoms with E-state index in [-0.39, 0.29) is 24.2 Å². The predicted octanol–water partition coefficient (Wildman–Crippen LogP) is 4.89. The highest BCUT2D eigenvalue weighted by atomic mass is 32.2. The van der Waals surface area contributed by atoms with Crippen molar-refractivity contribution in [1.29, 1.82) is 0 Å². The number of fused-ring (bicyclic) bond motifs is 1. The second kappa shape index (κ2) is 7.72. The molecule has 0 amide bonds. The number of ketones is 1. The Morgan fingerprint density at radius 3 is 2.62 bits per heavy atom. The standard InChI is InChI=1S/C19H17F3O3S/c20-19(21,22)14-4-1-12(2-5-14)15(23)6-7-16(24)13-3-8-17-18(11-13)26-10-9-25-17/h1-5,8,11,16,24H,6-7,9-10H2. The Labute approximate surface area is 153 Å². The summed E-state index contributed by atoms with van der Waals surface area (Å²) in [5, 5.41) is 10.3. The fourth-order valence-electron chi connectivity index (χ4n) is 2.69. The number of hydrogen-bond acceptors (Lipinski definition) is 4. The molecule has 2 aromatic carbocycles. The van der Waals surface area contributed by atoms with Gasteiger partial charge in [-0.15, -0.1) is 11.8 Å². The van der Waals surface area contributed by atoms with Crippen LogP contribution in [0.15, 0.2) is 47.4 Å². The molecule has 1 N–H and O–H groups in total. The SMILES string of the molecule is O=C(CCC(O)c1ccc2c(c1)SCCO2)c1ccc(C(F)(F)F)cc1. The number of aliphatic hydroxyl groups is 1. The van der Waals surface area contributed by atoms with Crippen LogP contribution in [0.5, 0.6) is 5.75 Å². The lowest BCUT2D eigenvalue weighted by molar-refractivity contribution is -0.137. The number of benzene rings is 2. The van der Waals surface area contributed by atoms with Crippen molar-refractivity contribution in [3.05, 3.63) is 59.2 Å². The number of ether oxygens (including phenoxy) is 1. The van der Waals surface area contributed by atoms with Crippen LogP contribution in [0.1, 0.15) is 40.4 Å². The van der Waals surface area contributed by atoms with Crippen LogP contribution in [0.4, 0.5) is 13.2 Å². The van der Waals surface area contributed by atoms with Gasteiger partial charge in [0.2, 0.25) is 0 Å². The Morgan fingerprint density at radius 1 is 1.19 bits per heavy atom. The molecule has 7 heteroatoms. The predicted molar refractivity (Wildman–Crippen MR) is 92.6 cm³/mol. The fraction of sp³-hybridized carbons (Fsp3) is 0.316. The van der Waals surface area contributed by atoms with Crippen molar-refractivity contribution in [3.8, 4) is 5.75 Å². The Balaban J connectivity index is 1.60. The minimum atomic E-state index is -4.42. The number of aliphatic hydroxyl groups excluding tert-OH is 1. The average Bonchev–Trinajstić information content (AvgIpc) is 2.64. The van der Waals surface area contributed by atoms with Crippen molar-refractivity contribution in [2.45, 2.75) is 30.0 Å². The lowest BCUT2D eigenvalue weighted by atomic mass is 9.99. The van der Waals surface area contributed by atoms with E-state index in [9.17, 15) is 23.1 Å². The van der Waals surface area contributed by atoms with Gasteiger partial charge in [0.1, 0.15) is 5.75 Å². The molecule has 0 fully saturated rings. The summed E-state index contributed by atoms with van der Waals surface area (Å²) in [5.74, 6) is 1.34. The first kappa shape index (κ1) is 18.8. The summed E-state index contributed by atoms with van der Waals surface area (Å²) in [6, 6.07) is 9.55. The fourth-order valence-corrected chi connectivity index (χ4v) is 3.57. The van der Waals surface area contributed by atoms with E-state index in [0.29, 0.717) is 12.2 Å². The Kier molecular flexibility index (Phi) is 5.58. The molecule has 2 aromatic rings. The molecule has 3 nitrogen and oxygen atoms in total. The smallest absolute Gasteiger partial charge is 0.416 e. The second-order valence-electron chi connectivity index (χ2n) is 5.96. The molecular formula is C19H17F3O3S. The number of carbonyl (C=O) groups is 1. The van der Waals surface area contributed by atoms with E-state index in [0.717, 1.165) is 28.5 Å². The van der Waals surface area contributed by atoms with Gasteiger partial charge in [0.05, 0.1) is 18.3 Å². The zero-order valence-electron chi connectivity index (χ0n) is 13.8. The molecule has 1 unspecified atom stereocenters. The minimum absolute atomic E-state index is 0.0489. The third kappa shape index (κ3) is 4.40. The van der Waals surface area contributed by atoms with Gasteiger partial charge in [0, 0.05) is 22.6 Å². The van der Waals surface area contributed by atoms with Crippen molar-refractivity contribution >= 4 is 17.5 Å². The summed E-state index contributed by atoms with van der Waals surface area (Å²) in [7, 11) is 0. The molecule has 0 radical (unpaired) electrons. The van der Waals surface area contributed by atoms with Gasteiger partial charge >= 0.3 is 6.18 Å². The lowest BCUT2D eigenvalue weighted by Crippen LogP contribution is -2.09. The summed E-state index contributed by atoms with van der Waals surface area (Å²) in [6.07, 6.45) is -5.00. The summed E-state index contributed by atoms with van der Waals surface area (Å²) in [5.41, 5.74) is 0.115. The van der Waals surface area contributed by atoms with Crippen LogP contribution in [-0.4, -0.2) is 23.2 Å². The summed E-state index contributed by atoms with van der Waals surface area (Å²) < 4.78 is 43.2. The highest BCUT2D eigenvalue weighted by Crippen LogP contribution is 2.36. The number of rotatable bonds is 5. The number of Topliss-reactive ketones (excluding diaryl/α,β-unsaturated/α-hetero) is 1. The molecule has 1 aliphatic heterocycles. The molecule has 1 aliphatic rings. The summed E-state index contributed by atoms with van der Waals surface area (Å²) in [6.45, 7) is 0.654. The molecular weight excluding hydrogens is 365 g/mol. The quantitative estimate of drug-likeness (QED) is 0.749. The summed E-state index contributed by atoms with van der Waals surface area (Å²) in [4.78, 5) is 13.1. The van der Waals surface area contributed by atoms with Crippen LogP contribution in [-0.2, 0) is 6.18 Å². The number of halogens is 3. The highest BCUT2D eigenvalue weighted by Gasteiger charge is 2.30. The largest absolute Gasteiger partial charge is 0.492 e. The van der Waals surface area contributed by atoms with E-state index in [1.807, 2.05) is 6.07 Å². The Bertz CT molecular complexity index is 788. The van der Waals surface area contributed by atoms with Crippen molar-refractivity contribution in [2.75, 3.05) is 12.4 Å². The van der Waals surface area contributed by atoms with Gasteiger partial charge in [-0.25, -0.2) is 0 Å². The minimum Gasteiger partial charge on any atom is -0.492 e. The van der Waals surface area contributed by atoms with Crippen LogP contribution in [0.3, 0.4) is 0 Å². The molecule has 0 saturated heterocycles. The van der Waals surface area contributed by atoms with E-state index in [1.54, 1.807) is 23.9 Å². The van der Waals surface area contributed by atoms with Gasteiger partial charge in [-0.05, 0) is 36.2 Å². The molecule has 1 heterocycles. The average molecular weight is 382 g/mol. The van der Waals surface area contributed by atoms with Crippen LogP contribution < -0.4 is 4.74 Å². The molecule has 138 valence electrons. The summed E-state index contributed by atoms with van der Waals surface area (Å²) >= 11 is 1.65. The maximum Gasteiger partial charge on any atom is 0.416 e. The molecule has 0 spiro atoms. The van der Waals surface area contributed by atoms with Gasteiger partial charge in [0.15, 0.2) is 5.78 Å². The maximum absolute atomic E-state index is 12.6. The van der Waals surface area contributed by atoms with Gasteiger partial charge in [-0.1, -0.05) is 18.2 Å². The number of alkyl halides is 3. The topological polar surface area (TPSA) is 46.5 Å². The van der Waals surface area contributed by atoms with Crippen molar-refractivity contribution < 1.29 is 27.8 Å². The van der Waals surface area contributed by atoms with Crippen LogP contribution >= 0.6 is 11.8 Å². The van der Waals surface area contributed by atoms with E-state index in [1.165, 1.54) is 12.1 Å². The molecule has 0 aliphatic carbocycles. The van der Waals surface area contributed by atoms with E-state index >= 15 is 0 Å². The van der Waals surface area contributed by atoms with E-state index in [2.05, 4.69) is 0 Å². The van der Waals surface area contributed by atoms with E-state index < -0.39 is 17.8 Å². The Hall–Kier alpha value is -1.99. The van der Waals surface area contributed by atoms with Crippen molar-refractivity contribution in [2.24, 2.45) is 0 Å². The molecule has 1 atom stereocenters. The first-order chi connectivity index (χ1) is 12.3. The van der Waals surface area contributed by atoms with Crippen LogP contribution in [0.2, 0.25) is 0 Å². The zero-order chi connectivity index (χ0) is 18.7. The molecule has 0 bridgehead atoms. The monoisotopic (exact) mass is 382 g/mol. The third-order valence-electron chi connectivity index (χ3n) is 4.13. The number of thioether (sulfide) groups is 1. The maximum atomic E-state index is 12.6. The highest BCUT2D eigenvalue weighted by molar-refractivity contribution is 7.99.